The van der Waals surface area contributed by atoms with Gasteiger partial charge in [-0.15, -0.1) is 28.3 Å². The van der Waals surface area contributed by atoms with Crippen LogP contribution >= 0.6 is 28.3 Å². The second-order valence-electron chi connectivity index (χ2n) is 4.42. The maximum atomic E-state index is 13.0. The van der Waals surface area contributed by atoms with Crippen molar-refractivity contribution in [1.82, 2.24) is 4.57 Å². The molecule has 0 aliphatic carbocycles. The van der Waals surface area contributed by atoms with E-state index < -0.39 is 0 Å². The summed E-state index contributed by atoms with van der Waals surface area (Å²) in [5, 5.41) is 2.04. The first-order valence-corrected chi connectivity index (χ1v) is 7.12. The molecule has 1 aromatic heterocycles. The second kappa shape index (κ2) is 6.83. The van der Waals surface area contributed by atoms with E-state index in [0.717, 1.165) is 21.7 Å². The maximum Gasteiger partial charge on any atom is 0.190 e. The summed E-state index contributed by atoms with van der Waals surface area (Å²) in [7, 11) is 1.97. The third-order valence-electron chi connectivity index (χ3n) is 3.05. The summed E-state index contributed by atoms with van der Waals surface area (Å²) in [4.78, 5) is 5.52. The van der Waals surface area contributed by atoms with Gasteiger partial charge in [0.1, 0.15) is 5.82 Å². The normalized spacial score (nSPS) is 11.2. The first-order chi connectivity index (χ1) is 9.74. The van der Waals surface area contributed by atoms with Crippen LogP contribution in [-0.2, 0) is 7.05 Å². The lowest BCUT2D eigenvalue weighted by atomic mass is 10.2. The molecule has 0 fully saturated rings. The monoisotopic (exact) mass is 364 g/mol. The third kappa shape index (κ3) is 3.49. The van der Waals surface area contributed by atoms with Gasteiger partial charge in [-0.3, -0.25) is 0 Å². The van der Waals surface area contributed by atoms with E-state index in [4.69, 9.17) is 0 Å². The highest BCUT2D eigenvalue weighted by atomic mass is 79.9. The summed E-state index contributed by atoms with van der Waals surface area (Å²) in [6, 6.07) is 16.3. The first-order valence-electron chi connectivity index (χ1n) is 6.24. The van der Waals surface area contributed by atoms with Crippen LogP contribution in [0.25, 0.3) is 11.3 Å². The number of benzene rings is 2. The Labute approximate surface area is 137 Å². The quantitative estimate of drug-likeness (QED) is 0.626. The van der Waals surface area contributed by atoms with Crippen LogP contribution in [0.4, 0.5) is 10.1 Å². The second-order valence-corrected chi connectivity index (χ2v) is 5.25. The Morgan fingerprint density at radius 1 is 1.00 bits per heavy atom. The Bertz CT molecular complexity index is 776. The summed E-state index contributed by atoms with van der Waals surface area (Å²) in [5.74, 6) is -0.221. The molecule has 0 atom stereocenters. The summed E-state index contributed by atoms with van der Waals surface area (Å²) in [6.45, 7) is 0. The van der Waals surface area contributed by atoms with Crippen LogP contribution < -0.4 is 4.80 Å². The molecule has 0 amide bonds. The zero-order valence-electron chi connectivity index (χ0n) is 11.4. The molecule has 0 bridgehead atoms. The smallest absolute Gasteiger partial charge is 0.190 e. The van der Waals surface area contributed by atoms with Crippen LogP contribution in [0.1, 0.15) is 0 Å². The summed E-state index contributed by atoms with van der Waals surface area (Å²) in [5.41, 5.74) is 2.94. The minimum Gasteiger partial charge on any atom is -0.320 e. The number of aromatic nitrogens is 1. The van der Waals surface area contributed by atoms with Gasteiger partial charge in [0.15, 0.2) is 4.80 Å². The minimum absolute atomic E-state index is 0. The van der Waals surface area contributed by atoms with Crippen molar-refractivity contribution < 1.29 is 4.39 Å². The zero-order chi connectivity index (χ0) is 13.9. The van der Waals surface area contributed by atoms with Crippen LogP contribution in [-0.4, -0.2) is 4.57 Å². The highest BCUT2D eigenvalue weighted by Crippen LogP contribution is 2.20. The number of nitrogens with zero attached hydrogens (tertiary/aromatic N) is 2. The Hall–Kier alpha value is -1.72. The highest BCUT2D eigenvalue weighted by Gasteiger charge is 2.04. The maximum absolute atomic E-state index is 13.0. The van der Waals surface area contributed by atoms with Gasteiger partial charge in [-0.25, -0.2) is 9.38 Å². The molecule has 108 valence electrons. The van der Waals surface area contributed by atoms with Gasteiger partial charge in [0, 0.05) is 12.4 Å². The number of rotatable bonds is 2. The van der Waals surface area contributed by atoms with E-state index in [-0.39, 0.29) is 22.8 Å². The molecule has 3 rings (SSSR count). The molecule has 3 aromatic rings. The molecule has 0 N–H and O–H groups in total. The van der Waals surface area contributed by atoms with Crippen molar-refractivity contribution in [2.45, 2.75) is 0 Å². The number of hydrogen-bond donors (Lipinski definition) is 0. The van der Waals surface area contributed by atoms with Crippen molar-refractivity contribution in [3.05, 3.63) is 70.6 Å². The van der Waals surface area contributed by atoms with Gasteiger partial charge >= 0.3 is 0 Å². The van der Waals surface area contributed by atoms with E-state index in [1.54, 1.807) is 23.5 Å². The van der Waals surface area contributed by atoms with Crippen molar-refractivity contribution in [2.75, 3.05) is 0 Å². The fraction of sp³-hybridized carbons (Fsp3) is 0.0625. The van der Waals surface area contributed by atoms with Crippen molar-refractivity contribution in [3.63, 3.8) is 0 Å². The number of thiazole rings is 1. The fourth-order valence-corrected chi connectivity index (χ4v) is 2.89. The average molecular weight is 365 g/mol. The van der Waals surface area contributed by atoms with E-state index in [1.807, 2.05) is 47.3 Å². The zero-order valence-corrected chi connectivity index (χ0v) is 13.9. The average Bonchev–Trinajstić information content (AvgIpc) is 2.83. The van der Waals surface area contributed by atoms with Crippen LogP contribution in [0, 0.1) is 5.82 Å². The van der Waals surface area contributed by atoms with Gasteiger partial charge in [-0.1, -0.05) is 18.2 Å². The van der Waals surface area contributed by atoms with E-state index in [2.05, 4.69) is 4.99 Å². The minimum atomic E-state index is -0.221. The van der Waals surface area contributed by atoms with Crippen molar-refractivity contribution in [2.24, 2.45) is 12.0 Å². The molecule has 0 saturated carbocycles. The molecule has 2 aromatic carbocycles. The summed E-state index contributed by atoms with van der Waals surface area (Å²) in [6.07, 6.45) is 0. The first kappa shape index (κ1) is 15.7. The number of halogens is 2. The van der Waals surface area contributed by atoms with Crippen LogP contribution in [0.3, 0.4) is 0 Å². The van der Waals surface area contributed by atoms with E-state index >= 15 is 0 Å². The standard InChI is InChI=1S/C16H13FN2S.BrH/c1-19-15(12-7-9-13(17)10-8-12)11-20-16(19)18-14-5-3-2-4-6-14;/h2-11H,1H3;1H. The highest BCUT2D eigenvalue weighted by molar-refractivity contribution is 8.93. The number of para-hydroxylation sites is 1. The van der Waals surface area contributed by atoms with Crippen LogP contribution in [0.2, 0.25) is 0 Å². The number of hydrogen-bond acceptors (Lipinski definition) is 2. The fourth-order valence-electron chi connectivity index (χ4n) is 1.97. The summed E-state index contributed by atoms with van der Waals surface area (Å²) < 4.78 is 15.0. The van der Waals surface area contributed by atoms with Gasteiger partial charge in [0.2, 0.25) is 0 Å². The predicted octanol–water partition coefficient (Wildman–Crippen LogP) is 4.70. The molecule has 0 unspecified atom stereocenters. The lowest BCUT2D eigenvalue weighted by molar-refractivity contribution is 0.628. The molecule has 2 nitrogen and oxygen atoms in total. The largest absolute Gasteiger partial charge is 0.320 e. The van der Waals surface area contributed by atoms with E-state index in [0.29, 0.717) is 0 Å². The van der Waals surface area contributed by atoms with Crippen LogP contribution in [0.15, 0.2) is 65.0 Å². The Balaban J connectivity index is 0.00000161. The molecule has 0 radical (unpaired) electrons. The Morgan fingerprint density at radius 3 is 2.33 bits per heavy atom. The Kier molecular flexibility index (Phi) is 5.09. The predicted molar refractivity (Wildman–Crippen MR) is 90.7 cm³/mol. The molecule has 0 aliphatic heterocycles. The molecule has 21 heavy (non-hydrogen) atoms. The van der Waals surface area contributed by atoms with Crippen LogP contribution in [0.5, 0.6) is 0 Å². The van der Waals surface area contributed by atoms with E-state index in [9.17, 15) is 4.39 Å². The van der Waals surface area contributed by atoms with Crippen molar-refractivity contribution in [3.8, 4) is 11.3 Å². The molecular formula is C16H14BrFN2S. The van der Waals surface area contributed by atoms with Gasteiger partial charge in [-0.05, 0) is 42.0 Å². The SMILES string of the molecule is Br.Cn1c(-c2ccc(F)cc2)csc1=Nc1ccccc1. The molecule has 5 heteroatoms. The molecule has 1 heterocycles. The molecule has 0 saturated heterocycles. The van der Waals surface area contributed by atoms with Gasteiger partial charge < -0.3 is 4.57 Å². The van der Waals surface area contributed by atoms with Crippen molar-refractivity contribution in [1.29, 1.82) is 0 Å². The molecular weight excluding hydrogens is 351 g/mol. The van der Waals surface area contributed by atoms with Gasteiger partial charge in [0.05, 0.1) is 11.4 Å². The van der Waals surface area contributed by atoms with E-state index in [1.165, 1.54) is 12.1 Å². The Morgan fingerprint density at radius 2 is 1.67 bits per heavy atom. The lowest BCUT2D eigenvalue weighted by Gasteiger charge is -2.02. The van der Waals surface area contributed by atoms with Gasteiger partial charge in [0.25, 0.3) is 0 Å². The lowest BCUT2D eigenvalue weighted by Crippen LogP contribution is -2.10. The summed E-state index contributed by atoms with van der Waals surface area (Å²) >= 11 is 1.57. The van der Waals surface area contributed by atoms with Crippen molar-refractivity contribution >= 4 is 34.0 Å². The van der Waals surface area contributed by atoms with Gasteiger partial charge in [-0.2, -0.15) is 0 Å². The molecule has 0 aliphatic rings. The molecule has 0 spiro atoms. The third-order valence-corrected chi connectivity index (χ3v) is 3.96. The topological polar surface area (TPSA) is 17.3 Å².